The van der Waals surface area contributed by atoms with E-state index in [2.05, 4.69) is 5.32 Å². The van der Waals surface area contributed by atoms with Crippen LogP contribution >= 0.6 is 0 Å². The lowest BCUT2D eigenvalue weighted by Crippen LogP contribution is -2.14. The molecular weight excluding hydrogens is 316 g/mol. The number of ether oxygens (including phenoxy) is 2. The Kier molecular flexibility index (Phi) is 6.61. The summed E-state index contributed by atoms with van der Waals surface area (Å²) < 4.78 is 10.7. The summed E-state index contributed by atoms with van der Waals surface area (Å²) in [5, 5.41) is 12.0. The van der Waals surface area contributed by atoms with Gasteiger partial charge in [0, 0.05) is 0 Å². The third-order valence-corrected chi connectivity index (χ3v) is 3.38. The maximum Gasteiger partial charge on any atom is 0.266 e. The van der Waals surface area contributed by atoms with E-state index in [-0.39, 0.29) is 5.57 Å². The molecule has 0 saturated heterocycles. The van der Waals surface area contributed by atoms with Gasteiger partial charge in [0.05, 0.1) is 19.4 Å². The Bertz CT molecular complexity index is 789. The summed E-state index contributed by atoms with van der Waals surface area (Å²) in [5.74, 6) is 0.805. The highest BCUT2D eigenvalue weighted by atomic mass is 16.5. The summed E-state index contributed by atoms with van der Waals surface area (Å²) in [5.41, 5.74) is 1.27. The SMILES string of the molecule is CCCOc1ccc(/C=C(\C#N)C(=O)Nc2ccccc2OC)cc1. The van der Waals surface area contributed by atoms with Gasteiger partial charge in [-0.15, -0.1) is 0 Å². The lowest BCUT2D eigenvalue weighted by atomic mass is 10.1. The molecule has 25 heavy (non-hydrogen) atoms. The molecule has 2 rings (SSSR count). The van der Waals surface area contributed by atoms with E-state index in [1.165, 1.54) is 13.2 Å². The van der Waals surface area contributed by atoms with Crippen molar-refractivity contribution in [2.24, 2.45) is 0 Å². The molecule has 1 N–H and O–H groups in total. The lowest BCUT2D eigenvalue weighted by molar-refractivity contribution is -0.112. The minimum Gasteiger partial charge on any atom is -0.495 e. The van der Waals surface area contributed by atoms with E-state index < -0.39 is 5.91 Å². The van der Waals surface area contributed by atoms with E-state index in [0.717, 1.165) is 17.7 Å². The van der Waals surface area contributed by atoms with Gasteiger partial charge in [-0.25, -0.2) is 0 Å². The van der Waals surface area contributed by atoms with Gasteiger partial charge in [-0.1, -0.05) is 31.2 Å². The molecule has 0 spiro atoms. The standard InChI is InChI=1S/C20H20N2O3/c1-3-12-25-17-10-8-15(9-11-17)13-16(14-21)20(23)22-18-6-4-5-7-19(18)24-2/h4-11,13H,3,12H2,1-2H3,(H,22,23)/b16-13+. The van der Waals surface area contributed by atoms with Gasteiger partial charge in [0.2, 0.25) is 0 Å². The summed E-state index contributed by atoms with van der Waals surface area (Å²) in [6.45, 7) is 2.69. The molecule has 0 radical (unpaired) electrons. The molecule has 0 aliphatic rings. The van der Waals surface area contributed by atoms with E-state index in [1.807, 2.05) is 25.1 Å². The van der Waals surface area contributed by atoms with Gasteiger partial charge in [0.1, 0.15) is 23.1 Å². The van der Waals surface area contributed by atoms with Gasteiger partial charge < -0.3 is 14.8 Å². The molecule has 0 heterocycles. The van der Waals surface area contributed by atoms with Gasteiger partial charge in [-0.2, -0.15) is 5.26 Å². The maximum atomic E-state index is 12.3. The molecule has 0 bridgehead atoms. The fourth-order valence-electron chi connectivity index (χ4n) is 2.13. The Labute approximate surface area is 147 Å². The molecule has 0 aromatic heterocycles. The average Bonchev–Trinajstić information content (AvgIpc) is 2.65. The number of carbonyl (C=O) groups is 1. The van der Waals surface area contributed by atoms with Crippen LogP contribution in [-0.4, -0.2) is 19.6 Å². The Morgan fingerprint density at radius 1 is 1.20 bits per heavy atom. The number of benzene rings is 2. The molecule has 2 aromatic carbocycles. The lowest BCUT2D eigenvalue weighted by Gasteiger charge is -2.09. The number of anilines is 1. The number of hydrogen-bond acceptors (Lipinski definition) is 4. The Hall–Kier alpha value is -3.26. The highest BCUT2D eigenvalue weighted by molar-refractivity contribution is 6.10. The second-order valence-corrected chi connectivity index (χ2v) is 5.24. The first-order chi connectivity index (χ1) is 12.2. The molecule has 0 atom stereocenters. The number of hydrogen-bond donors (Lipinski definition) is 1. The van der Waals surface area contributed by atoms with E-state index in [1.54, 1.807) is 36.4 Å². The Balaban J connectivity index is 2.14. The molecule has 1 amide bonds. The number of para-hydroxylation sites is 2. The number of amides is 1. The van der Waals surface area contributed by atoms with Crippen molar-refractivity contribution >= 4 is 17.7 Å². The highest BCUT2D eigenvalue weighted by Crippen LogP contribution is 2.24. The van der Waals surface area contributed by atoms with Crippen LogP contribution in [0.1, 0.15) is 18.9 Å². The summed E-state index contributed by atoms with van der Waals surface area (Å²) in [7, 11) is 1.52. The number of rotatable bonds is 7. The van der Waals surface area contributed by atoms with Gasteiger partial charge in [-0.05, 0) is 42.3 Å². The second-order valence-electron chi connectivity index (χ2n) is 5.24. The predicted molar refractivity (Wildman–Crippen MR) is 97.4 cm³/mol. The van der Waals surface area contributed by atoms with Crippen molar-refractivity contribution in [1.82, 2.24) is 0 Å². The minimum absolute atomic E-state index is 0.00753. The van der Waals surface area contributed by atoms with Crippen LogP contribution < -0.4 is 14.8 Å². The van der Waals surface area contributed by atoms with E-state index in [0.29, 0.717) is 18.0 Å². The summed E-state index contributed by atoms with van der Waals surface area (Å²) in [6.07, 6.45) is 2.47. The van der Waals surface area contributed by atoms with Gasteiger partial charge in [0.25, 0.3) is 5.91 Å². The van der Waals surface area contributed by atoms with Crippen LogP contribution in [0.25, 0.3) is 6.08 Å². The second kappa shape index (κ2) is 9.14. The highest BCUT2D eigenvalue weighted by Gasteiger charge is 2.12. The zero-order valence-corrected chi connectivity index (χ0v) is 14.3. The number of nitriles is 1. The summed E-state index contributed by atoms with van der Waals surface area (Å²) in [6, 6.07) is 16.2. The van der Waals surface area contributed by atoms with Gasteiger partial charge >= 0.3 is 0 Å². The average molecular weight is 336 g/mol. The maximum absolute atomic E-state index is 12.3. The van der Waals surface area contributed by atoms with Crippen LogP contribution in [0.3, 0.4) is 0 Å². The van der Waals surface area contributed by atoms with Crippen LogP contribution in [0.5, 0.6) is 11.5 Å². The monoisotopic (exact) mass is 336 g/mol. The molecule has 0 aliphatic heterocycles. The van der Waals surface area contributed by atoms with Crippen LogP contribution in [0.15, 0.2) is 54.1 Å². The van der Waals surface area contributed by atoms with Crippen molar-refractivity contribution in [3.05, 3.63) is 59.7 Å². The first kappa shape index (κ1) is 18.1. The zero-order chi connectivity index (χ0) is 18.1. The van der Waals surface area contributed by atoms with Crippen molar-refractivity contribution in [3.63, 3.8) is 0 Å². The molecule has 5 nitrogen and oxygen atoms in total. The summed E-state index contributed by atoms with van der Waals surface area (Å²) >= 11 is 0. The molecule has 128 valence electrons. The molecule has 2 aromatic rings. The molecule has 0 aliphatic carbocycles. The predicted octanol–water partition coefficient (Wildman–Crippen LogP) is 4.03. The van der Waals surface area contributed by atoms with E-state index in [9.17, 15) is 10.1 Å². The van der Waals surface area contributed by atoms with Crippen LogP contribution in [0.4, 0.5) is 5.69 Å². The fourth-order valence-corrected chi connectivity index (χ4v) is 2.13. The molecule has 5 heteroatoms. The molecular formula is C20H20N2O3. The van der Waals surface area contributed by atoms with Gasteiger partial charge in [-0.3, -0.25) is 4.79 Å². The molecule has 0 saturated carbocycles. The minimum atomic E-state index is -0.488. The third kappa shape index (κ3) is 5.11. The topological polar surface area (TPSA) is 71.3 Å². The Morgan fingerprint density at radius 2 is 1.92 bits per heavy atom. The van der Waals surface area contributed by atoms with Crippen molar-refractivity contribution in [2.45, 2.75) is 13.3 Å². The first-order valence-electron chi connectivity index (χ1n) is 7.97. The van der Waals surface area contributed by atoms with Crippen molar-refractivity contribution in [1.29, 1.82) is 5.26 Å². The normalized spacial score (nSPS) is 10.7. The van der Waals surface area contributed by atoms with Crippen molar-refractivity contribution in [2.75, 3.05) is 19.0 Å². The number of nitrogens with zero attached hydrogens (tertiary/aromatic N) is 1. The van der Waals surface area contributed by atoms with E-state index in [4.69, 9.17) is 9.47 Å². The van der Waals surface area contributed by atoms with E-state index >= 15 is 0 Å². The largest absolute Gasteiger partial charge is 0.495 e. The van der Waals surface area contributed by atoms with Gasteiger partial charge in [0.15, 0.2) is 0 Å². The summed E-state index contributed by atoms with van der Waals surface area (Å²) in [4.78, 5) is 12.3. The smallest absolute Gasteiger partial charge is 0.266 e. The number of nitrogens with one attached hydrogen (secondary N) is 1. The first-order valence-corrected chi connectivity index (χ1v) is 7.97. The quantitative estimate of drug-likeness (QED) is 0.612. The third-order valence-electron chi connectivity index (χ3n) is 3.38. The van der Waals surface area contributed by atoms with Crippen LogP contribution in [-0.2, 0) is 4.79 Å². The van der Waals surface area contributed by atoms with Crippen molar-refractivity contribution in [3.8, 4) is 17.6 Å². The number of methoxy groups -OCH3 is 1. The van der Waals surface area contributed by atoms with Crippen LogP contribution in [0.2, 0.25) is 0 Å². The fraction of sp³-hybridized carbons (Fsp3) is 0.200. The number of carbonyl (C=O) groups excluding carboxylic acids is 1. The molecule has 0 fully saturated rings. The zero-order valence-electron chi connectivity index (χ0n) is 14.3. The van der Waals surface area contributed by atoms with Crippen LogP contribution in [0, 0.1) is 11.3 Å². The van der Waals surface area contributed by atoms with Crippen molar-refractivity contribution < 1.29 is 14.3 Å². The molecule has 0 unspecified atom stereocenters. The Morgan fingerprint density at radius 3 is 2.56 bits per heavy atom.